The molecule has 0 bridgehead atoms. The summed E-state index contributed by atoms with van der Waals surface area (Å²) in [6, 6.07) is 14.9. The molecule has 0 saturated heterocycles. The number of nitrogens with one attached hydrogen (secondary N) is 1. The number of fused-ring (bicyclic) bond motifs is 1. The highest BCUT2D eigenvalue weighted by Gasteiger charge is 2.27. The molecule has 0 radical (unpaired) electrons. The molecule has 0 spiro atoms. The molecule has 0 fully saturated rings. The molecule has 0 amide bonds. The van der Waals surface area contributed by atoms with Crippen LogP contribution in [0.3, 0.4) is 0 Å². The number of rotatable bonds is 4. The Morgan fingerprint density at radius 1 is 1.00 bits per heavy atom. The molecular formula is C18H21N. The zero-order valence-electron chi connectivity index (χ0n) is 12.0. The Morgan fingerprint density at radius 3 is 2.21 bits per heavy atom. The second-order valence-electron chi connectivity index (χ2n) is 5.37. The van der Waals surface area contributed by atoms with Gasteiger partial charge in [-0.15, -0.1) is 0 Å². The van der Waals surface area contributed by atoms with Gasteiger partial charge >= 0.3 is 0 Å². The van der Waals surface area contributed by atoms with Gasteiger partial charge in [-0.05, 0) is 43.2 Å². The third-order valence-electron chi connectivity index (χ3n) is 3.64. The van der Waals surface area contributed by atoms with Gasteiger partial charge in [0.25, 0.3) is 0 Å². The molecule has 0 unspecified atom stereocenters. The van der Waals surface area contributed by atoms with Gasteiger partial charge in [0.2, 0.25) is 0 Å². The van der Waals surface area contributed by atoms with Crippen LogP contribution >= 0.6 is 0 Å². The molecule has 1 heteroatoms. The largest absolute Gasteiger partial charge is 0.376 e. The predicted octanol–water partition coefficient (Wildman–Crippen LogP) is 4.75. The third-order valence-corrected chi connectivity index (χ3v) is 3.64. The van der Waals surface area contributed by atoms with Crippen LogP contribution in [0.25, 0.3) is 10.8 Å². The van der Waals surface area contributed by atoms with Gasteiger partial charge in [0, 0.05) is 5.70 Å². The fraction of sp³-hybridized carbons (Fsp3) is 0.222. The molecule has 0 heterocycles. The summed E-state index contributed by atoms with van der Waals surface area (Å²) in [7, 11) is 0. The molecule has 0 aliphatic carbocycles. The van der Waals surface area contributed by atoms with E-state index >= 15 is 0 Å². The van der Waals surface area contributed by atoms with Crippen molar-refractivity contribution in [3.63, 3.8) is 0 Å². The smallest absolute Gasteiger partial charge is 0.0802 e. The van der Waals surface area contributed by atoms with Crippen LogP contribution in [-0.4, -0.2) is 0 Å². The van der Waals surface area contributed by atoms with E-state index in [1.165, 1.54) is 16.3 Å². The Hall–Kier alpha value is -2.02. The second-order valence-corrected chi connectivity index (χ2v) is 5.37. The molecule has 19 heavy (non-hydrogen) atoms. The van der Waals surface area contributed by atoms with Crippen LogP contribution < -0.4 is 5.32 Å². The SMILES string of the molecule is C=C(C)N[C@](C)(C(=C)C)c1ccc2ccccc2c1. The van der Waals surface area contributed by atoms with Crippen molar-refractivity contribution in [2.45, 2.75) is 26.3 Å². The third kappa shape index (κ3) is 2.55. The minimum absolute atomic E-state index is 0.282. The lowest BCUT2D eigenvalue weighted by atomic mass is 9.84. The number of allylic oxidation sites excluding steroid dienone is 1. The first kappa shape index (κ1) is 13.4. The summed E-state index contributed by atoms with van der Waals surface area (Å²) in [4.78, 5) is 0. The van der Waals surface area contributed by atoms with E-state index in [0.29, 0.717) is 0 Å². The van der Waals surface area contributed by atoms with E-state index in [1.807, 2.05) is 13.8 Å². The molecule has 1 nitrogen and oxygen atoms in total. The Kier molecular flexibility index (Phi) is 3.48. The highest BCUT2D eigenvalue weighted by molar-refractivity contribution is 5.83. The van der Waals surface area contributed by atoms with Crippen LogP contribution in [0.15, 0.2) is 66.9 Å². The van der Waals surface area contributed by atoms with Gasteiger partial charge in [0.05, 0.1) is 5.54 Å². The number of hydrogen-bond acceptors (Lipinski definition) is 1. The van der Waals surface area contributed by atoms with Crippen molar-refractivity contribution in [3.05, 3.63) is 72.5 Å². The van der Waals surface area contributed by atoms with Gasteiger partial charge in [0.15, 0.2) is 0 Å². The molecule has 2 aromatic carbocycles. The monoisotopic (exact) mass is 251 g/mol. The fourth-order valence-corrected chi connectivity index (χ4v) is 2.35. The summed E-state index contributed by atoms with van der Waals surface area (Å²) in [5, 5.41) is 5.94. The van der Waals surface area contributed by atoms with Crippen molar-refractivity contribution < 1.29 is 0 Å². The molecular weight excluding hydrogens is 230 g/mol. The van der Waals surface area contributed by atoms with Gasteiger partial charge in [-0.25, -0.2) is 0 Å². The zero-order chi connectivity index (χ0) is 14.0. The molecule has 98 valence electrons. The first-order chi connectivity index (χ1) is 8.93. The Labute approximate surface area is 115 Å². The first-order valence-corrected chi connectivity index (χ1v) is 6.52. The maximum Gasteiger partial charge on any atom is 0.0802 e. The van der Waals surface area contributed by atoms with E-state index in [4.69, 9.17) is 0 Å². The molecule has 0 aliphatic rings. The molecule has 1 N–H and O–H groups in total. The van der Waals surface area contributed by atoms with Crippen molar-refractivity contribution in [1.29, 1.82) is 0 Å². The maximum atomic E-state index is 4.13. The van der Waals surface area contributed by atoms with E-state index in [-0.39, 0.29) is 5.54 Å². The predicted molar refractivity (Wildman–Crippen MR) is 84.1 cm³/mol. The van der Waals surface area contributed by atoms with Crippen molar-refractivity contribution in [1.82, 2.24) is 5.32 Å². The van der Waals surface area contributed by atoms with Gasteiger partial charge < -0.3 is 5.32 Å². The fourth-order valence-electron chi connectivity index (χ4n) is 2.35. The Morgan fingerprint density at radius 2 is 1.63 bits per heavy atom. The highest BCUT2D eigenvalue weighted by atomic mass is 15.0. The topological polar surface area (TPSA) is 12.0 Å². The van der Waals surface area contributed by atoms with E-state index < -0.39 is 0 Å². The van der Waals surface area contributed by atoms with E-state index in [9.17, 15) is 0 Å². The zero-order valence-corrected chi connectivity index (χ0v) is 12.0. The Balaban J connectivity index is 2.56. The van der Waals surface area contributed by atoms with Crippen molar-refractivity contribution >= 4 is 10.8 Å². The minimum atomic E-state index is -0.282. The average molecular weight is 251 g/mol. The molecule has 2 aromatic rings. The lowest BCUT2D eigenvalue weighted by Crippen LogP contribution is -2.39. The maximum absolute atomic E-state index is 4.13. The summed E-state index contributed by atoms with van der Waals surface area (Å²) in [6.07, 6.45) is 0. The molecule has 0 aliphatic heterocycles. The van der Waals surface area contributed by atoms with Crippen LogP contribution in [0.1, 0.15) is 26.3 Å². The first-order valence-electron chi connectivity index (χ1n) is 6.52. The van der Waals surface area contributed by atoms with Gasteiger partial charge in [-0.1, -0.05) is 55.1 Å². The minimum Gasteiger partial charge on any atom is -0.376 e. The van der Waals surface area contributed by atoms with Gasteiger partial charge in [-0.3, -0.25) is 0 Å². The molecule has 0 saturated carbocycles. The van der Waals surface area contributed by atoms with Crippen LogP contribution in [0, 0.1) is 0 Å². The lowest BCUT2D eigenvalue weighted by molar-refractivity contribution is 0.480. The van der Waals surface area contributed by atoms with Crippen molar-refractivity contribution in [2.75, 3.05) is 0 Å². The van der Waals surface area contributed by atoms with Crippen LogP contribution in [0.4, 0.5) is 0 Å². The highest BCUT2D eigenvalue weighted by Crippen LogP contribution is 2.31. The van der Waals surface area contributed by atoms with Crippen LogP contribution in [0.2, 0.25) is 0 Å². The van der Waals surface area contributed by atoms with E-state index in [2.05, 4.69) is 67.9 Å². The Bertz CT molecular complexity index is 639. The van der Waals surface area contributed by atoms with Gasteiger partial charge in [0.1, 0.15) is 0 Å². The quantitative estimate of drug-likeness (QED) is 0.773. The molecule has 2 rings (SSSR count). The van der Waals surface area contributed by atoms with Crippen molar-refractivity contribution in [2.24, 2.45) is 0 Å². The van der Waals surface area contributed by atoms with Crippen molar-refractivity contribution in [3.8, 4) is 0 Å². The summed E-state index contributed by atoms with van der Waals surface area (Å²) in [5.74, 6) is 0. The van der Waals surface area contributed by atoms with E-state index in [0.717, 1.165) is 11.3 Å². The number of hydrogen-bond donors (Lipinski definition) is 1. The standard InChI is InChI=1S/C18H21N/c1-13(2)18(5,19-14(3)4)17-11-10-15-8-6-7-9-16(15)12-17/h6-12,19H,1,3H2,2,4-5H3/t18-/m1/s1. The van der Waals surface area contributed by atoms with Gasteiger partial charge in [-0.2, -0.15) is 0 Å². The number of benzene rings is 2. The summed E-state index contributed by atoms with van der Waals surface area (Å²) >= 11 is 0. The van der Waals surface area contributed by atoms with Crippen LogP contribution in [-0.2, 0) is 5.54 Å². The lowest BCUT2D eigenvalue weighted by Gasteiger charge is -2.33. The molecule has 1 atom stereocenters. The normalized spacial score (nSPS) is 13.8. The summed E-state index contributed by atoms with van der Waals surface area (Å²) in [5.41, 5.74) is 2.95. The average Bonchev–Trinajstić information content (AvgIpc) is 2.37. The summed E-state index contributed by atoms with van der Waals surface area (Å²) < 4.78 is 0. The van der Waals surface area contributed by atoms with Crippen LogP contribution in [0.5, 0.6) is 0 Å². The molecule has 0 aromatic heterocycles. The second kappa shape index (κ2) is 4.93. The van der Waals surface area contributed by atoms with E-state index in [1.54, 1.807) is 0 Å². The summed E-state index contributed by atoms with van der Waals surface area (Å²) in [6.45, 7) is 14.3.